The molecule has 0 radical (unpaired) electrons. The van der Waals surface area contributed by atoms with Crippen LogP contribution in [-0.2, 0) is 9.53 Å². The second kappa shape index (κ2) is 14.1. The molecule has 0 fully saturated rings. The number of nitriles is 1. The highest BCUT2D eigenvalue weighted by Crippen LogP contribution is 2.30. The molecule has 6 heteroatoms. The van der Waals surface area contributed by atoms with Crippen molar-refractivity contribution >= 4 is 18.4 Å². The summed E-state index contributed by atoms with van der Waals surface area (Å²) < 4.78 is 4.96. The minimum absolute atomic E-state index is 0.0395. The maximum absolute atomic E-state index is 11.9. The minimum atomic E-state index is -0.816. The molecule has 148 valence electrons. The largest absolute Gasteiger partial charge is 0.461 e. The lowest BCUT2D eigenvalue weighted by Crippen LogP contribution is -2.30. The van der Waals surface area contributed by atoms with E-state index in [1.165, 1.54) is 0 Å². The highest BCUT2D eigenvalue weighted by atomic mass is 16.5. The van der Waals surface area contributed by atoms with E-state index in [-0.39, 0.29) is 30.8 Å². The summed E-state index contributed by atoms with van der Waals surface area (Å²) in [6.07, 6.45) is 9.76. The number of aliphatic hydroxyl groups excluding tert-OH is 1. The number of ether oxygens (including phenoxy) is 1. The number of allylic oxidation sites excluding steroid dienone is 1. The number of carbonyl (C=O) groups is 1. The summed E-state index contributed by atoms with van der Waals surface area (Å²) in [6.45, 7) is 9.38. The maximum atomic E-state index is 11.9. The molecule has 2 unspecified atom stereocenters. The molecule has 0 rings (SSSR count). The lowest BCUT2D eigenvalue weighted by molar-refractivity contribution is -0.138. The molecule has 5 nitrogen and oxygen atoms in total. The van der Waals surface area contributed by atoms with Crippen LogP contribution < -0.4 is 0 Å². The van der Waals surface area contributed by atoms with Crippen molar-refractivity contribution in [3.8, 4) is 18.3 Å². The lowest BCUT2D eigenvalue weighted by atomic mass is 9.36. The van der Waals surface area contributed by atoms with Gasteiger partial charge in [0.25, 0.3) is 6.71 Å². The first-order valence-corrected chi connectivity index (χ1v) is 9.71. The van der Waals surface area contributed by atoms with Gasteiger partial charge < -0.3 is 9.84 Å². The molecular formula is C21H33BN2O3. The van der Waals surface area contributed by atoms with Crippen LogP contribution in [0.15, 0.2) is 16.8 Å². The molecule has 0 aliphatic rings. The number of hydrogen-bond donors (Lipinski definition) is 1. The Labute approximate surface area is 165 Å². The number of carbonyl (C=O) groups excluding carboxylic acids is 1. The van der Waals surface area contributed by atoms with Crippen LogP contribution in [0.2, 0.25) is 12.1 Å². The summed E-state index contributed by atoms with van der Waals surface area (Å²) in [6, 6.07) is 0. The normalized spacial score (nSPS) is 14.3. The molecule has 0 saturated carbocycles. The zero-order valence-corrected chi connectivity index (χ0v) is 17.4. The van der Waals surface area contributed by atoms with Gasteiger partial charge in [-0.1, -0.05) is 32.7 Å². The third kappa shape index (κ3) is 9.45. The predicted molar refractivity (Wildman–Crippen MR) is 112 cm³/mol. The fourth-order valence-electron chi connectivity index (χ4n) is 2.99. The van der Waals surface area contributed by atoms with E-state index in [9.17, 15) is 15.2 Å². The highest BCUT2D eigenvalue weighted by molar-refractivity contribution is 6.68. The Kier molecular flexibility index (Phi) is 13.0. The van der Waals surface area contributed by atoms with Gasteiger partial charge in [-0.05, 0) is 45.3 Å². The van der Waals surface area contributed by atoms with Gasteiger partial charge in [0.1, 0.15) is 5.70 Å². The van der Waals surface area contributed by atoms with E-state index in [1.54, 1.807) is 26.8 Å². The summed E-state index contributed by atoms with van der Waals surface area (Å²) >= 11 is 0. The molecule has 0 spiro atoms. The number of aliphatic imine (C=N–C) groups is 1. The van der Waals surface area contributed by atoms with Crippen LogP contribution in [0.5, 0.6) is 0 Å². The first-order valence-electron chi connectivity index (χ1n) is 9.71. The summed E-state index contributed by atoms with van der Waals surface area (Å²) in [5, 5.41) is 20.2. The number of hydrogen-bond acceptors (Lipinski definition) is 5. The van der Waals surface area contributed by atoms with E-state index in [0.717, 1.165) is 25.6 Å². The molecular weight excluding hydrogens is 339 g/mol. The molecule has 27 heavy (non-hydrogen) atoms. The number of esters is 1. The summed E-state index contributed by atoms with van der Waals surface area (Å²) in [5.41, 5.74) is 0.631. The van der Waals surface area contributed by atoms with Crippen LogP contribution in [0.1, 0.15) is 60.3 Å². The Bertz CT molecular complexity index is 600. The van der Waals surface area contributed by atoms with Crippen molar-refractivity contribution in [1.82, 2.24) is 0 Å². The van der Waals surface area contributed by atoms with Crippen LogP contribution in [-0.4, -0.2) is 36.2 Å². The summed E-state index contributed by atoms with van der Waals surface area (Å²) in [4.78, 5) is 16.1. The van der Waals surface area contributed by atoms with Gasteiger partial charge in [-0.2, -0.15) is 0 Å². The average Bonchev–Trinajstić information content (AvgIpc) is 2.64. The quantitative estimate of drug-likeness (QED) is 0.140. The van der Waals surface area contributed by atoms with Crippen molar-refractivity contribution in [1.29, 1.82) is 5.26 Å². The fraction of sp³-hybridized carbons (Fsp3) is 0.667. The molecule has 0 bridgehead atoms. The van der Waals surface area contributed by atoms with Gasteiger partial charge in [0.2, 0.25) is 0 Å². The Hall–Kier alpha value is -2.05. The predicted octanol–water partition coefficient (Wildman–Crippen LogP) is 4.05. The number of aliphatic hydroxyl groups is 1. The summed E-state index contributed by atoms with van der Waals surface area (Å²) in [5.74, 6) is 4.80. The monoisotopic (exact) mass is 372 g/mol. The zero-order valence-electron chi connectivity index (χ0n) is 17.4. The van der Waals surface area contributed by atoms with Gasteiger partial charge >= 0.3 is 5.97 Å². The second-order valence-corrected chi connectivity index (χ2v) is 6.99. The van der Waals surface area contributed by atoms with Crippen molar-refractivity contribution in [2.75, 3.05) is 6.61 Å². The van der Waals surface area contributed by atoms with Gasteiger partial charge in [0, 0.05) is 18.1 Å². The van der Waals surface area contributed by atoms with Crippen LogP contribution in [0.3, 0.4) is 0 Å². The van der Waals surface area contributed by atoms with Crippen molar-refractivity contribution in [2.24, 2.45) is 10.9 Å². The number of unbranched alkanes of at least 4 members (excludes halogenated alkanes) is 2. The van der Waals surface area contributed by atoms with Crippen molar-refractivity contribution in [2.45, 2.75) is 78.5 Å². The van der Waals surface area contributed by atoms with Crippen LogP contribution in [0.25, 0.3) is 0 Å². The molecule has 0 aromatic heterocycles. The Morgan fingerprint density at radius 2 is 2.07 bits per heavy atom. The molecule has 0 aliphatic heterocycles. The fourth-order valence-corrected chi connectivity index (χ4v) is 2.99. The Morgan fingerprint density at radius 1 is 1.41 bits per heavy atom. The van der Waals surface area contributed by atoms with Crippen molar-refractivity contribution < 1.29 is 14.6 Å². The van der Waals surface area contributed by atoms with Gasteiger partial charge in [-0.3, -0.25) is 0 Å². The van der Waals surface area contributed by atoms with Crippen LogP contribution in [0.4, 0.5) is 0 Å². The van der Waals surface area contributed by atoms with Gasteiger partial charge in [0.15, 0.2) is 0 Å². The highest BCUT2D eigenvalue weighted by Gasteiger charge is 2.31. The number of rotatable bonds is 12. The zero-order chi connectivity index (χ0) is 20.8. The molecule has 0 aromatic rings. The van der Waals surface area contributed by atoms with Crippen molar-refractivity contribution in [3.05, 3.63) is 11.8 Å². The van der Waals surface area contributed by atoms with E-state index in [1.807, 2.05) is 0 Å². The molecule has 0 aliphatic carbocycles. The average molecular weight is 372 g/mol. The minimum Gasteiger partial charge on any atom is -0.461 e. The second-order valence-electron chi connectivity index (χ2n) is 6.99. The lowest BCUT2D eigenvalue weighted by Gasteiger charge is -2.26. The topological polar surface area (TPSA) is 82.7 Å². The summed E-state index contributed by atoms with van der Waals surface area (Å²) in [7, 11) is 0. The van der Waals surface area contributed by atoms with E-state index in [0.29, 0.717) is 12.1 Å². The SMILES string of the molecule is C#CCCCCB(C#N)C(CC(O)/C(C)=N/C(=C\C)C(=O)OCC)C(C)C. The van der Waals surface area contributed by atoms with Gasteiger partial charge in [-0.25, -0.2) is 15.0 Å². The van der Waals surface area contributed by atoms with Crippen LogP contribution >= 0.6 is 0 Å². The van der Waals surface area contributed by atoms with E-state index in [2.05, 4.69) is 30.7 Å². The Balaban J connectivity index is 5.12. The third-order valence-electron chi connectivity index (χ3n) is 4.66. The maximum Gasteiger partial charge on any atom is 0.356 e. The molecule has 0 aromatic carbocycles. The molecule has 0 heterocycles. The van der Waals surface area contributed by atoms with Crippen LogP contribution in [0, 0.1) is 29.5 Å². The molecule has 0 saturated heterocycles. The van der Waals surface area contributed by atoms with E-state index < -0.39 is 12.1 Å². The van der Waals surface area contributed by atoms with E-state index in [4.69, 9.17) is 11.2 Å². The first kappa shape index (κ1) is 25.0. The van der Waals surface area contributed by atoms with Gasteiger partial charge in [-0.15, -0.1) is 12.3 Å². The smallest absolute Gasteiger partial charge is 0.356 e. The standard InChI is InChI=1S/C21H33BN2O3/c1-7-10-11-12-13-22(15-23)18(16(4)5)14-20(25)17(6)24-19(8-2)21(26)27-9-3/h1,8,16,18,20,25H,9-14H2,2-6H3/b19-8-,24-17+. The van der Waals surface area contributed by atoms with Crippen molar-refractivity contribution in [3.63, 3.8) is 0 Å². The third-order valence-corrected chi connectivity index (χ3v) is 4.66. The van der Waals surface area contributed by atoms with E-state index >= 15 is 0 Å². The molecule has 2 atom stereocenters. The molecule has 1 N–H and O–H groups in total. The number of nitrogens with zero attached hydrogens (tertiary/aromatic N) is 2. The Morgan fingerprint density at radius 3 is 2.56 bits per heavy atom. The van der Waals surface area contributed by atoms with Gasteiger partial charge in [0.05, 0.1) is 12.7 Å². The first-order chi connectivity index (χ1) is 12.8. The molecule has 0 amide bonds. The number of terminal acetylenes is 1.